The number of hydrogen-bond acceptors (Lipinski definition) is 4. The van der Waals surface area contributed by atoms with Gasteiger partial charge in [0, 0.05) is 11.6 Å². The van der Waals surface area contributed by atoms with Gasteiger partial charge in [0.2, 0.25) is 0 Å². The molecule has 1 aromatic heterocycles. The number of para-hydroxylation sites is 1. The third kappa shape index (κ3) is 2.42. The third-order valence-corrected chi connectivity index (χ3v) is 2.68. The molecule has 2 N–H and O–H groups in total. The second-order valence-electron chi connectivity index (χ2n) is 3.82. The van der Waals surface area contributed by atoms with Crippen molar-refractivity contribution in [1.29, 1.82) is 0 Å². The molecule has 0 bridgehead atoms. The molecule has 0 unspecified atom stereocenters. The Kier molecular flexibility index (Phi) is 3.35. The number of nitrogens with two attached hydrogens (primary N) is 1. The molecule has 2 aromatic rings. The van der Waals surface area contributed by atoms with Crippen LogP contribution in [0, 0.1) is 0 Å². The lowest BCUT2D eigenvalue weighted by Gasteiger charge is -2.10. The van der Waals surface area contributed by atoms with Gasteiger partial charge in [-0.05, 0) is 24.1 Å². The lowest BCUT2D eigenvalue weighted by molar-refractivity contribution is -0.142. The van der Waals surface area contributed by atoms with E-state index in [1.807, 2.05) is 30.3 Å². The summed E-state index contributed by atoms with van der Waals surface area (Å²) in [5, 5.41) is 1.02. The Morgan fingerprint density at radius 1 is 1.41 bits per heavy atom. The Labute approximate surface area is 99.4 Å². The van der Waals surface area contributed by atoms with Crippen molar-refractivity contribution < 1.29 is 9.53 Å². The van der Waals surface area contributed by atoms with Gasteiger partial charge < -0.3 is 10.5 Å². The van der Waals surface area contributed by atoms with Gasteiger partial charge in [0.15, 0.2) is 0 Å². The summed E-state index contributed by atoms with van der Waals surface area (Å²) >= 11 is 0. The van der Waals surface area contributed by atoms with E-state index in [0.717, 1.165) is 16.5 Å². The van der Waals surface area contributed by atoms with Crippen LogP contribution in [0.5, 0.6) is 0 Å². The number of carbonyl (C=O) groups is 1. The van der Waals surface area contributed by atoms with Crippen LogP contribution in [0.15, 0.2) is 36.5 Å². The van der Waals surface area contributed by atoms with E-state index in [1.54, 1.807) is 6.20 Å². The molecule has 0 saturated heterocycles. The molecule has 17 heavy (non-hydrogen) atoms. The normalized spacial score (nSPS) is 12.4. The second-order valence-corrected chi connectivity index (χ2v) is 3.82. The summed E-state index contributed by atoms with van der Waals surface area (Å²) in [6, 6.07) is 9.03. The molecule has 0 amide bonds. The standard InChI is InChI=1S/C13H14N2O2/c1-17-13(16)11(14)8-9-6-7-15-12-5-3-2-4-10(9)12/h2-7,11H,8,14H2,1H3/t11-/m0/s1. The van der Waals surface area contributed by atoms with Crippen molar-refractivity contribution in [2.24, 2.45) is 5.73 Å². The number of aromatic nitrogens is 1. The minimum atomic E-state index is -0.634. The molecule has 0 fully saturated rings. The van der Waals surface area contributed by atoms with E-state index in [1.165, 1.54) is 7.11 Å². The van der Waals surface area contributed by atoms with Crippen molar-refractivity contribution in [2.75, 3.05) is 7.11 Å². The molecule has 1 atom stereocenters. The fraction of sp³-hybridized carbons (Fsp3) is 0.231. The van der Waals surface area contributed by atoms with E-state index in [2.05, 4.69) is 9.72 Å². The first-order valence-electron chi connectivity index (χ1n) is 5.38. The molecule has 0 aliphatic heterocycles. The third-order valence-electron chi connectivity index (χ3n) is 2.68. The number of carbonyl (C=O) groups excluding carboxylic acids is 1. The van der Waals surface area contributed by atoms with Gasteiger partial charge in [0.05, 0.1) is 12.6 Å². The van der Waals surface area contributed by atoms with Gasteiger partial charge in [-0.25, -0.2) is 0 Å². The Morgan fingerprint density at radius 3 is 2.94 bits per heavy atom. The number of fused-ring (bicyclic) bond motifs is 1. The highest BCUT2D eigenvalue weighted by Crippen LogP contribution is 2.17. The number of rotatable bonds is 3. The zero-order chi connectivity index (χ0) is 12.3. The van der Waals surface area contributed by atoms with E-state index in [0.29, 0.717) is 6.42 Å². The Morgan fingerprint density at radius 2 is 2.18 bits per heavy atom. The Bertz CT molecular complexity index is 534. The van der Waals surface area contributed by atoms with Gasteiger partial charge in [-0.15, -0.1) is 0 Å². The lowest BCUT2D eigenvalue weighted by atomic mass is 10.0. The molecule has 0 radical (unpaired) electrons. The maximum absolute atomic E-state index is 11.3. The van der Waals surface area contributed by atoms with Crippen LogP contribution < -0.4 is 5.73 Å². The van der Waals surface area contributed by atoms with Gasteiger partial charge in [0.1, 0.15) is 6.04 Å². The first-order valence-corrected chi connectivity index (χ1v) is 5.38. The summed E-state index contributed by atoms with van der Waals surface area (Å²) in [6.07, 6.45) is 2.18. The summed E-state index contributed by atoms with van der Waals surface area (Å²) in [5.41, 5.74) is 7.67. The van der Waals surface area contributed by atoms with Crippen LogP contribution in [0.25, 0.3) is 10.9 Å². The molecule has 0 aliphatic carbocycles. The molecule has 0 aliphatic rings. The number of methoxy groups -OCH3 is 1. The first-order chi connectivity index (χ1) is 8.22. The van der Waals surface area contributed by atoms with Gasteiger partial charge in [0.25, 0.3) is 0 Å². The minimum absolute atomic E-state index is 0.397. The van der Waals surface area contributed by atoms with Gasteiger partial charge in [-0.2, -0.15) is 0 Å². The van der Waals surface area contributed by atoms with E-state index in [-0.39, 0.29) is 0 Å². The number of hydrogen-bond donors (Lipinski definition) is 1. The molecule has 4 nitrogen and oxygen atoms in total. The molecular weight excluding hydrogens is 216 g/mol. The lowest BCUT2D eigenvalue weighted by Crippen LogP contribution is -2.33. The minimum Gasteiger partial charge on any atom is -0.468 e. The van der Waals surface area contributed by atoms with Gasteiger partial charge in [-0.3, -0.25) is 9.78 Å². The van der Waals surface area contributed by atoms with Crippen LogP contribution in [0.4, 0.5) is 0 Å². The Hall–Kier alpha value is -1.94. The second kappa shape index (κ2) is 4.93. The maximum atomic E-state index is 11.3. The van der Waals surface area contributed by atoms with Crippen molar-refractivity contribution in [3.8, 4) is 0 Å². The predicted octanol–water partition coefficient (Wildman–Crippen LogP) is 1.28. The predicted molar refractivity (Wildman–Crippen MR) is 65.4 cm³/mol. The molecule has 0 spiro atoms. The van der Waals surface area contributed by atoms with Crippen LogP contribution in [0.3, 0.4) is 0 Å². The summed E-state index contributed by atoms with van der Waals surface area (Å²) < 4.78 is 4.62. The van der Waals surface area contributed by atoms with E-state index in [4.69, 9.17) is 5.73 Å². The highest BCUT2D eigenvalue weighted by atomic mass is 16.5. The Balaban J connectivity index is 2.33. The number of benzene rings is 1. The van der Waals surface area contributed by atoms with Crippen molar-refractivity contribution in [3.63, 3.8) is 0 Å². The topological polar surface area (TPSA) is 65.2 Å². The van der Waals surface area contributed by atoms with E-state index < -0.39 is 12.0 Å². The van der Waals surface area contributed by atoms with Crippen LogP contribution in [0.1, 0.15) is 5.56 Å². The highest BCUT2D eigenvalue weighted by molar-refractivity contribution is 5.83. The molecule has 88 valence electrons. The van der Waals surface area contributed by atoms with E-state index in [9.17, 15) is 4.79 Å². The smallest absolute Gasteiger partial charge is 0.322 e. The molecule has 1 heterocycles. The van der Waals surface area contributed by atoms with Crippen LogP contribution in [-0.2, 0) is 16.0 Å². The maximum Gasteiger partial charge on any atom is 0.322 e. The molecule has 4 heteroatoms. The number of esters is 1. The average Bonchev–Trinajstić information content (AvgIpc) is 2.38. The van der Waals surface area contributed by atoms with Crippen molar-refractivity contribution >= 4 is 16.9 Å². The largest absolute Gasteiger partial charge is 0.468 e. The molecular formula is C13H14N2O2. The number of ether oxygens (including phenoxy) is 1. The van der Waals surface area contributed by atoms with E-state index >= 15 is 0 Å². The first kappa shape index (κ1) is 11.5. The van der Waals surface area contributed by atoms with Crippen molar-refractivity contribution in [1.82, 2.24) is 4.98 Å². The average molecular weight is 230 g/mol. The van der Waals surface area contributed by atoms with Crippen molar-refractivity contribution in [3.05, 3.63) is 42.1 Å². The summed E-state index contributed by atoms with van der Waals surface area (Å²) in [7, 11) is 1.34. The molecule has 1 aromatic carbocycles. The SMILES string of the molecule is COC(=O)[C@@H](N)Cc1ccnc2ccccc12. The molecule has 0 saturated carbocycles. The van der Waals surface area contributed by atoms with Crippen LogP contribution in [-0.4, -0.2) is 24.1 Å². The summed E-state index contributed by atoms with van der Waals surface area (Å²) in [5.74, 6) is -0.397. The number of nitrogens with zero attached hydrogens (tertiary/aromatic N) is 1. The monoisotopic (exact) mass is 230 g/mol. The quantitative estimate of drug-likeness (QED) is 0.807. The highest BCUT2D eigenvalue weighted by Gasteiger charge is 2.15. The zero-order valence-electron chi connectivity index (χ0n) is 9.59. The number of pyridine rings is 1. The van der Waals surface area contributed by atoms with Gasteiger partial charge >= 0.3 is 5.97 Å². The van der Waals surface area contributed by atoms with Gasteiger partial charge in [-0.1, -0.05) is 18.2 Å². The summed E-state index contributed by atoms with van der Waals surface area (Å²) in [4.78, 5) is 15.5. The zero-order valence-corrected chi connectivity index (χ0v) is 9.59. The van der Waals surface area contributed by atoms with Crippen LogP contribution >= 0.6 is 0 Å². The fourth-order valence-electron chi connectivity index (χ4n) is 1.80. The van der Waals surface area contributed by atoms with Crippen molar-refractivity contribution in [2.45, 2.75) is 12.5 Å². The molecule has 2 rings (SSSR count). The van der Waals surface area contributed by atoms with Crippen LogP contribution in [0.2, 0.25) is 0 Å². The summed E-state index contributed by atoms with van der Waals surface area (Å²) in [6.45, 7) is 0. The fourth-order valence-corrected chi connectivity index (χ4v) is 1.80.